The molecule has 40 heavy (non-hydrogen) atoms. The molecule has 0 aliphatic heterocycles. The van der Waals surface area contributed by atoms with Crippen molar-refractivity contribution in [3.8, 4) is 21.7 Å². The van der Waals surface area contributed by atoms with Crippen molar-refractivity contribution in [1.29, 1.82) is 0 Å². The van der Waals surface area contributed by atoms with Gasteiger partial charge in [0, 0.05) is 27.7 Å². The smallest absolute Gasteiger partial charge is 0.311 e. The first-order chi connectivity index (χ1) is 18.8. The number of aryl methyl sites for hydroxylation is 1. The lowest BCUT2D eigenvalue weighted by molar-refractivity contribution is -0.162. The summed E-state index contributed by atoms with van der Waals surface area (Å²) in [6, 6.07) is 11.9. The number of nitrogens with one attached hydrogen (secondary N) is 1. The van der Waals surface area contributed by atoms with Crippen LogP contribution in [0, 0.1) is 12.3 Å². The quantitative estimate of drug-likeness (QED) is 0.204. The number of carbonyl (C=O) groups excluding carboxylic acids is 1. The number of pyridine rings is 1. The zero-order valence-corrected chi connectivity index (χ0v) is 25.3. The first kappa shape index (κ1) is 28.2. The number of halogens is 1. The molecule has 2 aromatic carbocycles. The summed E-state index contributed by atoms with van der Waals surface area (Å²) in [5.41, 5.74) is 5.35. The molecule has 3 aromatic heterocycles. The molecule has 0 aliphatic carbocycles. The molecule has 3 heterocycles. The number of fused-ring (bicyclic) bond motifs is 2. The number of nitrogens with zero attached hydrogens (tertiary/aromatic N) is 3. The number of rotatable bonds is 6. The summed E-state index contributed by atoms with van der Waals surface area (Å²) in [5.74, 6) is -0.274. The second-order valence-corrected chi connectivity index (χ2v) is 13.4. The highest BCUT2D eigenvalue weighted by molar-refractivity contribution is 7.22. The van der Waals surface area contributed by atoms with Gasteiger partial charge in [-0.3, -0.25) is 9.89 Å². The van der Waals surface area contributed by atoms with Crippen LogP contribution in [0.15, 0.2) is 48.8 Å². The van der Waals surface area contributed by atoms with Crippen molar-refractivity contribution in [2.75, 3.05) is 6.61 Å². The van der Waals surface area contributed by atoms with E-state index in [9.17, 15) is 4.79 Å². The second-order valence-electron chi connectivity index (χ2n) is 12.0. The Kier molecular flexibility index (Phi) is 7.46. The number of H-pyrrole nitrogens is 1. The fourth-order valence-electron chi connectivity index (χ4n) is 4.58. The Labute approximate surface area is 242 Å². The van der Waals surface area contributed by atoms with Gasteiger partial charge in [-0.25, -0.2) is 9.97 Å². The van der Waals surface area contributed by atoms with E-state index in [4.69, 9.17) is 26.1 Å². The molecule has 0 amide bonds. The zero-order valence-electron chi connectivity index (χ0n) is 23.8. The molecule has 0 saturated carbocycles. The Morgan fingerprint density at radius 1 is 1.05 bits per heavy atom. The van der Waals surface area contributed by atoms with Crippen molar-refractivity contribution in [2.24, 2.45) is 5.41 Å². The van der Waals surface area contributed by atoms with Gasteiger partial charge in [0.1, 0.15) is 17.7 Å². The van der Waals surface area contributed by atoms with Crippen molar-refractivity contribution in [3.63, 3.8) is 0 Å². The number of esters is 1. The third-order valence-electron chi connectivity index (χ3n) is 6.39. The topological polar surface area (TPSA) is 90.0 Å². The van der Waals surface area contributed by atoms with E-state index in [1.54, 1.807) is 17.5 Å². The maximum Gasteiger partial charge on any atom is 0.311 e. The van der Waals surface area contributed by atoms with Crippen LogP contribution in [0.2, 0.25) is 5.02 Å². The Balaban J connectivity index is 1.71. The molecule has 208 valence electrons. The van der Waals surface area contributed by atoms with Crippen molar-refractivity contribution in [3.05, 3.63) is 64.9 Å². The third kappa shape index (κ3) is 5.89. The number of ether oxygens (including phenoxy) is 2. The van der Waals surface area contributed by atoms with Crippen LogP contribution < -0.4 is 0 Å². The molecule has 1 atom stereocenters. The average molecular weight is 577 g/mol. The van der Waals surface area contributed by atoms with Crippen LogP contribution in [0.3, 0.4) is 0 Å². The predicted octanol–water partition coefficient (Wildman–Crippen LogP) is 8.31. The lowest BCUT2D eigenvalue weighted by atomic mass is 9.91. The molecule has 0 radical (unpaired) electrons. The van der Waals surface area contributed by atoms with Gasteiger partial charge in [-0.15, -0.1) is 11.3 Å². The highest BCUT2D eigenvalue weighted by atomic mass is 35.5. The average Bonchev–Trinajstić information content (AvgIpc) is 3.51. The lowest BCUT2D eigenvalue weighted by Crippen LogP contribution is -2.30. The van der Waals surface area contributed by atoms with Crippen LogP contribution in [0.25, 0.3) is 42.9 Å². The van der Waals surface area contributed by atoms with Crippen LogP contribution in [0.1, 0.15) is 58.8 Å². The van der Waals surface area contributed by atoms with E-state index in [0.29, 0.717) is 5.02 Å². The minimum atomic E-state index is -0.624. The normalized spacial score (nSPS) is 13.2. The van der Waals surface area contributed by atoms with E-state index < -0.39 is 17.1 Å². The minimum absolute atomic E-state index is 0.0903. The highest BCUT2D eigenvalue weighted by Crippen LogP contribution is 2.44. The molecule has 0 bridgehead atoms. The van der Waals surface area contributed by atoms with Crippen LogP contribution >= 0.6 is 22.9 Å². The highest BCUT2D eigenvalue weighted by Gasteiger charge is 2.31. The van der Waals surface area contributed by atoms with E-state index in [-0.39, 0.29) is 12.6 Å². The van der Waals surface area contributed by atoms with Gasteiger partial charge < -0.3 is 9.47 Å². The Morgan fingerprint density at radius 2 is 1.77 bits per heavy atom. The number of aromatic nitrogens is 4. The van der Waals surface area contributed by atoms with Gasteiger partial charge in [-0.2, -0.15) is 5.10 Å². The summed E-state index contributed by atoms with van der Waals surface area (Å²) >= 11 is 7.88. The van der Waals surface area contributed by atoms with Gasteiger partial charge in [0.2, 0.25) is 0 Å². The molecule has 0 saturated heterocycles. The third-order valence-corrected chi connectivity index (χ3v) is 7.78. The molecule has 0 fully saturated rings. The van der Waals surface area contributed by atoms with E-state index in [2.05, 4.69) is 28.2 Å². The standard InChI is InChI=1S/C31H33ClN4O3S/c1-17-12-22-26(40-28(35-22)20-13-19-15-34-36-27(19)33-14-20)25(18-8-10-21(32)11-9-18)24(17)23(39-31(5,6)7)16-38-29(37)30(2,3)4/h8-15,23H,16H2,1-7H3,(H,33,34,36)/t23-/m1/s1. The van der Waals surface area contributed by atoms with Crippen LogP contribution in [-0.2, 0) is 14.3 Å². The zero-order chi connectivity index (χ0) is 28.8. The lowest BCUT2D eigenvalue weighted by Gasteiger charge is -2.31. The second kappa shape index (κ2) is 10.6. The van der Waals surface area contributed by atoms with Gasteiger partial charge >= 0.3 is 5.97 Å². The molecule has 0 aliphatic rings. The van der Waals surface area contributed by atoms with Crippen molar-refractivity contribution >= 4 is 50.2 Å². The molecule has 0 spiro atoms. The van der Waals surface area contributed by atoms with E-state index in [1.165, 1.54) is 0 Å². The van der Waals surface area contributed by atoms with E-state index in [0.717, 1.165) is 54.1 Å². The SMILES string of the molecule is Cc1cc2nc(-c3cnc4[nH]ncc4c3)sc2c(-c2ccc(Cl)cc2)c1[C@@H](COC(=O)C(C)(C)C)OC(C)(C)C. The molecular formula is C31H33ClN4O3S. The minimum Gasteiger partial charge on any atom is -0.462 e. The van der Waals surface area contributed by atoms with E-state index in [1.807, 2.05) is 78.1 Å². The Hall–Kier alpha value is -3.33. The van der Waals surface area contributed by atoms with Crippen LogP contribution in [-0.4, -0.2) is 38.3 Å². The number of thiazole rings is 1. The molecule has 5 aromatic rings. The largest absolute Gasteiger partial charge is 0.462 e. The van der Waals surface area contributed by atoms with Gasteiger partial charge in [-0.05, 0) is 89.4 Å². The summed E-state index contributed by atoms with van der Waals surface area (Å²) in [4.78, 5) is 22.3. The summed E-state index contributed by atoms with van der Waals surface area (Å²) in [7, 11) is 0. The monoisotopic (exact) mass is 576 g/mol. The van der Waals surface area contributed by atoms with Gasteiger partial charge in [-0.1, -0.05) is 23.7 Å². The van der Waals surface area contributed by atoms with Crippen molar-refractivity contribution in [2.45, 2.75) is 60.2 Å². The fourth-order valence-corrected chi connectivity index (χ4v) is 5.81. The van der Waals surface area contributed by atoms with Crippen molar-refractivity contribution in [1.82, 2.24) is 20.2 Å². The number of aromatic amines is 1. The summed E-state index contributed by atoms with van der Waals surface area (Å²) in [6.07, 6.45) is 3.06. The number of carbonyl (C=O) groups is 1. The van der Waals surface area contributed by atoms with Gasteiger partial charge in [0.15, 0.2) is 5.65 Å². The van der Waals surface area contributed by atoms with Crippen LogP contribution in [0.4, 0.5) is 0 Å². The fraction of sp³-hybridized carbons (Fsp3) is 0.355. The van der Waals surface area contributed by atoms with Crippen molar-refractivity contribution < 1.29 is 14.3 Å². The molecule has 7 nitrogen and oxygen atoms in total. The first-order valence-electron chi connectivity index (χ1n) is 13.1. The number of hydrogen-bond donors (Lipinski definition) is 1. The maximum absolute atomic E-state index is 12.8. The molecular weight excluding hydrogens is 544 g/mol. The summed E-state index contributed by atoms with van der Waals surface area (Å²) in [5, 5.41) is 9.41. The summed E-state index contributed by atoms with van der Waals surface area (Å²) in [6.45, 7) is 13.7. The number of benzene rings is 2. The summed E-state index contributed by atoms with van der Waals surface area (Å²) < 4.78 is 13.4. The first-order valence-corrected chi connectivity index (χ1v) is 14.3. The molecule has 9 heteroatoms. The van der Waals surface area contributed by atoms with E-state index >= 15 is 0 Å². The molecule has 1 N–H and O–H groups in total. The number of hydrogen-bond acceptors (Lipinski definition) is 7. The predicted molar refractivity (Wildman–Crippen MR) is 162 cm³/mol. The Bertz CT molecular complexity index is 1690. The van der Waals surface area contributed by atoms with Gasteiger partial charge in [0.25, 0.3) is 0 Å². The molecule has 5 rings (SSSR count). The van der Waals surface area contributed by atoms with Crippen LogP contribution in [0.5, 0.6) is 0 Å². The maximum atomic E-state index is 12.8. The molecule has 0 unspecified atom stereocenters. The van der Waals surface area contributed by atoms with Gasteiger partial charge in [0.05, 0.1) is 27.4 Å². The Morgan fingerprint density at radius 3 is 2.45 bits per heavy atom.